The summed E-state index contributed by atoms with van der Waals surface area (Å²) in [5.74, 6) is 0.647. The van der Waals surface area contributed by atoms with Crippen LogP contribution in [-0.4, -0.2) is 32.5 Å². The maximum absolute atomic E-state index is 12.7. The number of aromatic nitrogens is 4. The Labute approximate surface area is 114 Å². The number of nitrogens with zero attached hydrogens (tertiary/aromatic N) is 4. The zero-order valence-electron chi connectivity index (χ0n) is 10.3. The molecule has 19 heavy (non-hydrogen) atoms. The highest BCUT2D eigenvalue weighted by Crippen LogP contribution is 2.36. The third-order valence-electron chi connectivity index (χ3n) is 2.86. The number of hydrogen-bond donors (Lipinski definition) is 1. The second-order valence-electron chi connectivity index (χ2n) is 4.42. The number of halogens is 1. The summed E-state index contributed by atoms with van der Waals surface area (Å²) in [6.45, 7) is 0.786. The van der Waals surface area contributed by atoms with Crippen molar-refractivity contribution in [2.45, 2.75) is 24.0 Å². The first kappa shape index (κ1) is 12.4. The van der Waals surface area contributed by atoms with Crippen molar-refractivity contribution in [1.29, 1.82) is 0 Å². The van der Waals surface area contributed by atoms with Crippen molar-refractivity contribution in [3.8, 4) is 0 Å². The molecule has 1 aromatic heterocycles. The molecule has 0 spiro atoms. The number of tetrazole rings is 1. The summed E-state index contributed by atoms with van der Waals surface area (Å²) in [6, 6.07) is 6.86. The Bertz CT molecular complexity index is 537. The molecule has 1 aromatic carbocycles. The van der Waals surface area contributed by atoms with Crippen LogP contribution in [0.3, 0.4) is 0 Å². The van der Waals surface area contributed by atoms with Crippen LogP contribution in [0.1, 0.15) is 18.9 Å². The predicted molar refractivity (Wildman–Crippen MR) is 71.7 cm³/mol. The van der Waals surface area contributed by atoms with Crippen LogP contribution in [-0.2, 0) is 0 Å². The summed E-state index contributed by atoms with van der Waals surface area (Å²) < 4.78 is 14.6. The van der Waals surface area contributed by atoms with Crippen LogP contribution in [0.5, 0.6) is 0 Å². The maximum atomic E-state index is 12.7. The first-order valence-electron chi connectivity index (χ1n) is 6.23. The van der Waals surface area contributed by atoms with Crippen LogP contribution in [0.2, 0.25) is 0 Å². The van der Waals surface area contributed by atoms with Crippen molar-refractivity contribution in [2.75, 3.05) is 17.6 Å². The van der Waals surface area contributed by atoms with Gasteiger partial charge in [0.15, 0.2) is 0 Å². The summed E-state index contributed by atoms with van der Waals surface area (Å²) in [5.41, 5.74) is 0.920. The van der Waals surface area contributed by atoms with Crippen molar-refractivity contribution < 1.29 is 4.39 Å². The van der Waals surface area contributed by atoms with E-state index in [2.05, 4.69) is 20.8 Å². The molecule has 1 fully saturated rings. The second-order valence-corrected chi connectivity index (χ2v) is 5.48. The van der Waals surface area contributed by atoms with E-state index in [0.29, 0.717) is 6.04 Å². The Morgan fingerprint density at radius 3 is 2.84 bits per heavy atom. The average molecular weight is 279 g/mol. The number of hydrogen-bond acceptors (Lipinski definition) is 5. The van der Waals surface area contributed by atoms with Crippen molar-refractivity contribution in [3.05, 3.63) is 30.1 Å². The number of nitrogens with one attached hydrogen (secondary N) is 1. The summed E-state index contributed by atoms with van der Waals surface area (Å²) in [4.78, 5) is 0. The van der Waals surface area contributed by atoms with Gasteiger partial charge in [-0.2, -0.15) is 0 Å². The van der Waals surface area contributed by atoms with Gasteiger partial charge >= 0.3 is 0 Å². The lowest BCUT2D eigenvalue weighted by molar-refractivity contribution is 0.565. The second kappa shape index (κ2) is 5.56. The monoisotopic (exact) mass is 279 g/mol. The van der Waals surface area contributed by atoms with E-state index < -0.39 is 0 Å². The van der Waals surface area contributed by atoms with Gasteiger partial charge in [-0.25, -0.2) is 9.07 Å². The van der Waals surface area contributed by atoms with E-state index >= 15 is 0 Å². The van der Waals surface area contributed by atoms with Gasteiger partial charge in [-0.05, 0) is 47.5 Å². The van der Waals surface area contributed by atoms with Gasteiger partial charge < -0.3 is 5.32 Å². The van der Waals surface area contributed by atoms with Gasteiger partial charge in [0, 0.05) is 18.0 Å². The number of rotatable bonds is 6. The normalized spacial score (nSPS) is 14.6. The number of anilines is 1. The van der Waals surface area contributed by atoms with Crippen molar-refractivity contribution in [3.63, 3.8) is 0 Å². The third-order valence-corrected chi connectivity index (χ3v) is 3.80. The molecule has 0 saturated heterocycles. The topological polar surface area (TPSA) is 55.6 Å². The molecular formula is C12H14FN5S. The Morgan fingerprint density at radius 1 is 1.32 bits per heavy atom. The zero-order valence-corrected chi connectivity index (χ0v) is 11.1. The van der Waals surface area contributed by atoms with E-state index in [-0.39, 0.29) is 5.82 Å². The number of thioether (sulfide) groups is 1. The minimum absolute atomic E-state index is 0.219. The van der Waals surface area contributed by atoms with E-state index in [1.807, 2.05) is 4.68 Å². The van der Waals surface area contributed by atoms with E-state index in [1.165, 1.54) is 25.0 Å². The van der Waals surface area contributed by atoms with Crippen LogP contribution in [0.15, 0.2) is 29.4 Å². The molecule has 1 saturated carbocycles. The highest BCUT2D eigenvalue weighted by Gasteiger charge is 2.27. The van der Waals surface area contributed by atoms with Crippen molar-refractivity contribution in [2.24, 2.45) is 0 Å². The van der Waals surface area contributed by atoms with E-state index in [1.54, 1.807) is 23.9 Å². The van der Waals surface area contributed by atoms with Crippen LogP contribution >= 0.6 is 11.8 Å². The van der Waals surface area contributed by atoms with Gasteiger partial charge in [0.05, 0.1) is 6.04 Å². The van der Waals surface area contributed by atoms with E-state index in [0.717, 1.165) is 23.1 Å². The molecule has 1 aliphatic rings. The largest absolute Gasteiger partial charge is 0.384 e. The fourth-order valence-corrected chi connectivity index (χ4v) is 2.53. The van der Waals surface area contributed by atoms with Gasteiger partial charge in [0.2, 0.25) is 5.16 Å². The van der Waals surface area contributed by atoms with Gasteiger partial charge in [-0.15, -0.1) is 5.10 Å². The van der Waals surface area contributed by atoms with E-state index in [9.17, 15) is 4.39 Å². The van der Waals surface area contributed by atoms with Crippen molar-refractivity contribution in [1.82, 2.24) is 20.2 Å². The molecule has 0 bridgehead atoms. The van der Waals surface area contributed by atoms with Gasteiger partial charge in [-0.3, -0.25) is 0 Å². The van der Waals surface area contributed by atoms with E-state index in [4.69, 9.17) is 0 Å². The number of benzene rings is 1. The Hall–Kier alpha value is -1.63. The Kier molecular flexibility index (Phi) is 3.63. The summed E-state index contributed by atoms with van der Waals surface area (Å²) in [6.07, 6.45) is 2.35. The van der Waals surface area contributed by atoms with Crippen LogP contribution in [0.4, 0.5) is 10.1 Å². The lowest BCUT2D eigenvalue weighted by Crippen LogP contribution is -2.05. The molecule has 3 rings (SSSR count). The molecule has 2 aromatic rings. The fraction of sp³-hybridized carbons (Fsp3) is 0.417. The molecular weight excluding hydrogens is 265 g/mol. The molecule has 1 heterocycles. The minimum atomic E-state index is -0.219. The molecule has 0 amide bonds. The molecule has 7 heteroatoms. The molecule has 5 nitrogen and oxygen atoms in total. The summed E-state index contributed by atoms with van der Waals surface area (Å²) in [7, 11) is 0. The molecule has 1 aliphatic carbocycles. The fourth-order valence-electron chi connectivity index (χ4n) is 1.73. The van der Waals surface area contributed by atoms with Crippen molar-refractivity contribution >= 4 is 17.4 Å². The lowest BCUT2D eigenvalue weighted by Gasteiger charge is -2.06. The van der Waals surface area contributed by atoms with Gasteiger partial charge in [-0.1, -0.05) is 11.8 Å². The zero-order chi connectivity index (χ0) is 13.1. The first-order chi connectivity index (χ1) is 9.33. The molecule has 1 N–H and O–H groups in total. The quantitative estimate of drug-likeness (QED) is 0.650. The summed E-state index contributed by atoms with van der Waals surface area (Å²) in [5, 5.41) is 15.8. The molecule has 0 atom stereocenters. The smallest absolute Gasteiger partial charge is 0.209 e. The van der Waals surface area contributed by atoms with Crippen LogP contribution < -0.4 is 5.32 Å². The lowest BCUT2D eigenvalue weighted by atomic mass is 10.3. The maximum Gasteiger partial charge on any atom is 0.209 e. The molecule has 0 radical (unpaired) electrons. The standard InChI is InChI=1S/C12H14FN5S/c13-9-1-3-10(4-2-9)14-7-8-19-12-15-16-17-18(12)11-5-6-11/h1-4,11,14H,5-8H2. The van der Waals surface area contributed by atoms with Crippen LogP contribution in [0.25, 0.3) is 0 Å². The first-order valence-corrected chi connectivity index (χ1v) is 7.21. The minimum Gasteiger partial charge on any atom is -0.384 e. The van der Waals surface area contributed by atoms with Gasteiger partial charge in [0.1, 0.15) is 5.82 Å². The highest BCUT2D eigenvalue weighted by atomic mass is 32.2. The molecule has 100 valence electrons. The average Bonchev–Trinajstić information content (AvgIpc) is 3.16. The third kappa shape index (κ3) is 3.23. The van der Waals surface area contributed by atoms with Crippen LogP contribution in [0, 0.1) is 5.82 Å². The Morgan fingerprint density at radius 2 is 2.11 bits per heavy atom. The van der Waals surface area contributed by atoms with Gasteiger partial charge in [0.25, 0.3) is 0 Å². The SMILES string of the molecule is Fc1ccc(NCCSc2nnnn2C2CC2)cc1. The molecule has 0 aliphatic heterocycles. The highest BCUT2D eigenvalue weighted by molar-refractivity contribution is 7.99. The Balaban J connectivity index is 1.45. The molecule has 0 unspecified atom stereocenters. The summed E-state index contributed by atoms with van der Waals surface area (Å²) >= 11 is 1.63. The predicted octanol–water partition coefficient (Wildman–Crippen LogP) is 2.35.